The number of benzene rings is 2. The van der Waals surface area contributed by atoms with Gasteiger partial charge in [-0.25, -0.2) is 18.9 Å². The van der Waals surface area contributed by atoms with Gasteiger partial charge in [0.25, 0.3) is 0 Å². The van der Waals surface area contributed by atoms with Crippen LogP contribution in [0, 0.1) is 18.3 Å². The maximum Gasteiger partial charge on any atom is 0.232 e. The molecule has 0 aliphatic rings. The minimum absolute atomic E-state index is 0.349. The van der Waals surface area contributed by atoms with Crippen LogP contribution < -0.4 is 14.8 Å². The molecule has 0 radical (unpaired) electrons. The van der Waals surface area contributed by atoms with Gasteiger partial charge in [0.2, 0.25) is 17.1 Å². The summed E-state index contributed by atoms with van der Waals surface area (Å²) in [4.78, 5) is 8.65. The van der Waals surface area contributed by atoms with Crippen molar-refractivity contribution < 1.29 is 13.5 Å². The summed E-state index contributed by atoms with van der Waals surface area (Å²) in [7, 11) is 1.51. The molecule has 9 heteroatoms. The molecule has 0 saturated carbocycles. The predicted octanol–water partition coefficient (Wildman–Crippen LogP) is 3.22. The van der Waals surface area contributed by atoms with Crippen molar-refractivity contribution in [2.24, 2.45) is 0 Å². The molecular formula is C20H21N5O3S. The molecule has 0 aliphatic heterocycles. The highest BCUT2D eigenvalue weighted by atomic mass is 32.2. The Morgan fingerprint density at radius 1 is 1.28 bits per heavy atom. The molecule has 150 valence electrons. The van der Waals surface area contributed by atoms with E-state index in [1.165, 1.54) is 13.3 Å². The topological polar surface area (TPSA) is 120 Å². The van der Waals surface area contributed by atoms with Gasteiger partial charge in [-0.3, -0.25) is 4.55 Å². The van der Waals surface area contributed by atoms with Gasteiger partial charge in [0, 0.05) is 12.2 Å². The van der Waals surface area contributed by atoms with Crippen LogP contribution in [-0.4, -0.2) is 32.4 Å². The SMILES string of the molecule is COc1cnc2ccc(Nc3cc(CCCNS(=O)O)ccc3C)c(C#N)c2n1. The van der Waals surface area contributed by atoms with Crippen LogP contribution in [0.1, 0.15) is 23.1 Å². The summed E-state index contributed by atoms with van der Waals surface area (Å²) in [5, 5.41) is 13.1. The van der Waals surface area contributed by atoms with Gasteiger partial charge in [-0.05, 0) is 49.1 Å². The van der Waals surface area contributed by atoms with E-state index < -0.39 is 11.3 Å². The molecule has 1 aromatic heterocycles. The van der Waals surface area contributed by atoms with E-state index in [-0.39, 0.29) is 0 Å². The predicted molar refractivity (Wildman–Crippen MR) is 112 cm³/mol. The Labute approximate surface area is 171 Å². The molecule has 0 fully saturated rings. The molecule has 1 heterocycles. The third kappa shape index (κ3) is 5.06. The van der Waals surface area contributed by atoms with E-state index >= 15 is 0 Å². The monoisotopic (exact) mass is 411 g/mol. The second-order valence-corrected chi connectivity index (χ2v) is 7.19. The second-order valence-electron chi connectivity index (χ2n) is 6.40. The average Bonchev–Trinajstić information content (AvgIpc) is 2.72. The fraction of sp³-hybridized carbons (Fsp3) is 0.250. The van der Waals surface area contributed by atoms with E-state index in [1.54, 1.807) is 0 Å². The Bertz CT molecular complexity index is 1100. The van der Waals surface area contributed by atoms with Crippen LogP contribution in [0.4, 0.5) is 11.4 Å². The molecule has 0 saturated heterocycles. The standard InChI is InChI=1S/C20H21N5O3S/c1-13-5-6-14(4-3-9-23-29(26)27)10-18(13)24-16-7-8-17-20(15(16)11-21)25-19(28-2)12-22-17/h5-8,10,12,23-24H,3-4,9H2,1-2H3,(H,26,27). The highest BCUT2D eigenvalue weighted by Gasteiger charge is 2.12. The number of fused-ring (bicyclic) bond motifs is 1. The second kappa shape index (κ2) is 9.43. The summed E-state index contributed by atoms with van der Waals surface area (Å²) in [6, 6.07) is 11.9. The van der Waals surface area contributed by atoms with Crippen LogP contribution in [0.3, 0.4) is 0 Å². The van der Waals surface area contributed by atoms with Crippen LogP contribution >= 0.6 is 0 Å². The maximum atomic E-state index is 10.7. The quantitative estimate of drug-likeness (QED) is 0.384. The maximum absolute atomic E-state index is 10.7. The Morgan fingerprint density at radius 3 is 2.83 bits per heavy atom. The van der Waals surface area contributed by atoms with Crippen molar-refractivity contribution in [1.82, 2.24) is 14.7 Å². The highest BCUT2D eigenvalue weighted by molar-refractivity contribution is 7.77. The Morgan fingerprint density at radius 2 is 2.10 bits per heavy atom. The Kier molecular flexibility index (Phi) is 6.72. The number of nitrogens with one attached hydrogen (secondary N) is 2. The summed E-state index contributed by atoms with van der Waals surface area (Å²) >= 11 is -1.99. The number of hydrogen-bond donors (Lipinski definition) is 3. The minimum Gasteiger partial charge on any atom is -0.480 e. The van der Waals surface area contributed by atoms with Crippen LogP contribution in [0.15, 0.2) is 36.5 Å². The van der Waals surface area contributed by atoms with Crippen molar-refractivity contribution in [2.45, 2.75) is 19.8 Å². The number of ether oxygens (including phenoxy) is 1. The zero-order valence-electron chi connectivity index (χ0n) is 16.1. The molecule has 3 N–H and O–H groups in total. The molecule has 0 amide bonds. The Balaban J connectivity index is 1.87. The number of hydrogen-bond acceptors (Lipinski definition) is 6. The molecule has 3 rings (SSSR count). The van der Waals surface area contributed by atoms with E-state index in [4.69, 9.17) is 9.29 Å². The lowest BCUT2D eigenvalue weighted by Gasteiger charge is -2.14. The van der Waals surface area contributed by atoms with Gasteiger partial charge in [-0.2, -0.15) is 5.26 Å². The first-order valence-corrected chi connectivity index (χ1v) is 10.1. The first kappa shape index (κ1) is 20.7. The third-order valence-corrected chi connectivity index (χ3v) is 4.90. The van der Waals surface area contributed by atoms with E-state index in [0.29, 0.717) is 34.7 Å². The zero-order valence-corrected chi connectivity index (χ0v) is 16.9. The summed E-state index contributed by atoms with van der Waals surface area (Å²) in [6.07, 6.45) is 3.00. The lowest BCUT2D eigenvalue weighted by atomic mass is 10.0. The van der Waals surface area contributed by atoms with Crippen molar-refractivity contribution in [3.8, 4) is 11.9 Å². The molecule has 1 atom stereocenters. The van der Waals surface area contributed by atoms with Crippen LogP contribution in [0.2, 0.25) is 0 Å². The highest BCUT2D eigenvalue weighted by Crippen LogP contribution is 2.29. The molecule has 2 aromatic carbocycles. The number of aromatic nitrogens is 2. The van der Waals surface area contributed by atoms with Gasteiger partial charge in [0.15, 0.2) is 0 Å². The van der Waals surface area contributed by atoms with Gasteiger partial charge >= 0.3 is 0 Å². The molecule has 8 nitrogen and oxygen atoms in total. The number of aryl methyl sites for hydroxylation is 2. The van der Waals surface area contributed by atoms with Gasteiger partial charge in [0.05, 0.1) is 24.5 Å². The van der Waals surface area contributed by atoms with Crippen molar-refractivity contribution in [1.29, 1.82) is 5.26 Å². The molecule has 3 aromatic rings. The van der Waals surface area contributed by atoms with Gasteiger partial charge in [-0.15, -0.1) is 0 Å². The number of anilines is 2. The van der Waals surface area contributed by atoms with E-state index in [2.05, 4.69) is 26.1 Å². The lowest BCUT2D eigenvalue weighted by Crippen LogP contribution is -2.17. The summed E-state index contributed by atoms with van der Waals surface area (Å²) in [5.41, 5.74) is 5.13. The van der Waals surface area contributed by atoms with Gasteiger partial charge in [-0.1, -0.05) is 12.1 Å². The summed E-state index contributed by atoms with van der Waals surface area (Å²) in [5.74, 6) is 0.349. The average molecular weight is 411 g/mol. The summed E-state index contributed by atoms with van der Waals surface area (Å²) in [6.45, 7) is 2.43. The summed E-state index contributed by atoms with van der Waals surface area (Å²) < 4.78 is 27.0. The largest absolute Gasteiger partial charge is 0.480 e. The molecular weight excluding hydrogens is 390 g/mol. The van der Waals surface area contributed by atoms with Gasteiger partial charge < -0.3 is 10.1 Å². The van der Waals surface area contributed by atoms with Crippen LogP contribution in [0.25, 0.3) is 11.0 Å². The van der Waals surface area contributed by atoms with Crippen molar-refractivity contribution in [2.75, 3.05) is 19.0 Å². The third-order valence-electron chi connectivity index (χ3n) is 4.45. The number of rotatable bonds is 8. The van der Waals surface area contributed by atoms with Crippen LogP contribution in [-0.2, 0) is 17.7 Å². The number of methoxy groups -OCH3 is 1. The fourth-order valence-corrected chi connectivity index (χ4v) is 3.25. The Hall–Kier alpha value is -3.06. The molecule has 0 spiro atoms. The smallest absolute Gasteiger partial charge is 0.232 e. The lowest BCUT2D eigenvalue weighted by molar-refractivity contribution is 0.397. The van der Waals surface area contributed by atoms with E-state index in [1.807, 2.05) is 37.3 Å². The van der Waals surface area contributed by atoms with Crippen molar-refractivity contribution in [3.63, 3.8) is 0 Å². The van der Waals surface area contributed by atoms with Crippen molar-refractivity contribution in [3.05, 3.63) is 53.2 Å². The van der Waals surface area contributed by atoms with Crippen molar-refractivity contribution >= 4 is 33.7 Å². The first-order valence-electron chi connectivity index (χ1n) is 8.96. The van der Waals surface area contributed by atoms with Crippen LogP contribution in [0.5, 0.6) is 5.88 Å². The zero-order chi connectivity index (χ0) is 20.8. The fourth-order valence-electron chi connectivity index (χ4n) is 2.93. The normalized spacial score (nSPS) is 11.8. The first-order chi connectivity index (χ1) is 14.0. The molecule has 29 heavy (non-hydrogen) atoms. The number of nitriles is 1. The van der Waals surface area contributed by atoms with E-state index in [0.717, 1.165) is 29.7 Å². The molecule has 1 unspecified atom stereocenters. The molecule has 0 aliphatic carbocycles. The van der Waals surface area contributed by atoms with E-state index in [9.17, 15) is 9.47 Å². The van der Waals surface area contributed by atoms with Gasteiger partial charge in [0.1, 0.15) is 17.1 Å². The number of nitrogens with zero attached hydrogens (tertiary/aromatic N) is 3. The molecule has 0 bridgehead atoms. The minimum atomic E-state index is -1.99.